The van der Waals surface area contributed by atoms with Crippen LogP contribution in [0.15, 0.2) is 83.8 Å². The van der Waals surface area contributed by atoms with E-state index in [0.717, 1.165) is 25.4 Å². The van der Waals surface area contributed by atoms with E-state index in [1.807, 2.05) is 48.5 Å². The number of hydrogen-bond donors (Lipinski definition) is 0. The molecule has 0 amide bonds. The van der Waals surface area contributed by atoms with Crippen LogP contribution in [-0.4, -0.2) is 39.6 Å². The molecule has 0 bridgehead atoms. The molecular weight excluding hydrogens is 427 g/mol. The van der Waals surface area contributed by atoms with Gasteiger partial charge in [0.2, 0.25) is 0 Å². The van der Waals surface area contributed by atoms with E-state index < -0.39 is 15.8 Å². The lowest BCUT2D eigenvalue weighted by molar-refractivity contribution is 0.206. The predicted octanol–water partition coefficient (Wildman–Crippen LogP) is 4.69. The van der Waals surface area contributed by atoms with Gasteiger partial charge in [-0.1, -0.05) is 30.3 Å². The maximum Gasteiger partial charge on any atom is 0.264 e. The Balaban J connectivity index is 1.54. The lowest BCUT2D eigenvalue weighted by Crippen LogP contribution is -2.47. The molecule has 32 heavy (non-hydrogen) atoms. The number of piperidine rings is 1. The number of nitrogens with zero attached hydrogens (tertiary/aromatic N) is 2. The van der Waals surface area contributed by atoms with Gasteiger partial charge in [0.1, 0.15) is 11.6 Å². The lowest BCUT2D eigenvalue weighted by atomic mass is 10.0. The minimum atomic E-state index is -3.82. The number of anilines is 1. The monoisotopic (exact) mass is 454 g/mol. The second-order valence-electron chi connectivity index (χ2n) is 7.95. The van der Waals surface area contributed by atoms with Crippen molar-refractivity contribution in [2.45, 2.75) is 30.3 Å². The third kappa shape index (κ3) is 4.95. The predicted molar refractivity (Wildman–Crippen MR) is 124 cm³/mol. The van der Waals surface area contributed by atoms with E-state index in [0.29, 0.717) is 18.5 Å². The summed E-state index contributed by atoms with van der Waals surface area (Å²) in [5.74, 6) is 0.374. The number of sulfonamides is 1. The Kier molecular flexibility index (Phi) is 6.77. The average Bonchev–Trinajstić information content (AvgIpc) is 2.81. The zero-order valence-corrected chi connectivity index (χ0v) is 18.8. The normalized spacial score (nSPS) is 15.4. The van der Waals surface area contributed by atoms with Crippen LogP contribution in [0.1, 0.15) is 18.4 Å². The summed E-state index contributed by atoms with van der Waals surface area (Å²) in [6.07, 6.45) is 1.42. The summed E-state index contributed by atoms with van der Waals surface area (Å²) in [7, 11) is -2.17. The molecule has 1 fully saturated rings. The van der Waals surface area contributed by atoms with Gasteiger partial charge in [-0.05, 0) is 66.9 Å². The van der Waals surface area contributed by atoms with E-state index >= 15 is 0 Å². The second-order valence-corrected chi connectivity index (χ2v) is 9.76. The number of likely N-dealkylation sites (tertiary alicyclic amines) is 1. The highest BCUT2D eigenvalue weighted by molar-refractivity contribution is 7.92. The van der Waals surface area contributed by atoms with Gasteiger partial charge >= 0.3 is 0 Å². The van der Waals surface area contributed by atoms with E-state index in [-0.39, 0.29) is 10.9 Å². The van der Waals surface area contributed by atoms with Crippen molar-refractivity contribution in [3.63, 3.8) is 0 Å². The molecule has 0 aromatic heterocycles. The Hall–Kier alpha value is -2.90. The lowest BCUT2D eigenvalue weighted by Gasteiger charge is -2.39. The van der Waals surface area contributed by atoms with Crippen molar-refractivity contribution in [1.29, 1.82) is 0 Å². The number of halogens is 1. The Bertz CT molecular complexity index is 1130. The Labute approximate surface area is 189 Å². The Morgan fingerprint density at radius 1 is 0.969 bits per heavy atom. The molecule has 1 aliphatic rings. The van der Waals surface area contributed by atoms with Gasteiger partial charge in [0.15, 0.2) is 0 Å². The molecule has 4 rings (SSSR count). The van der Waals surface area contributed by atoms with Crippen LogP contribution in [0.4, 0.5) is 10.1 Å². The highest BCUT2D eigenvalue weighted by Crippen LogP contribution is 2.31. The van der Waals surface area contributed by atoms with Crippen molar-refractivity contribution >= 4 is 15.7 Å². The third-order valence-corrected chi connectivity index (χ3v) is 7.70. The van der Waals surface area contributed by atoms with Crippen LogP contribution in [-0.2, 0) is 16.6 Å². The summed E-state index contributed by atoms with van der Waals surface area (Å²) in [6, 6.07) is 22.0. The fourth-order valence-electron chi connectivity index (χ4n) is 4.18. The van der Waals surface area contributed by atoms with E-state index in [1.54, 1.807) is 7.11 Å². The molecule has 3 aromatic rings. The summed E-state index contributed by atoms with van der Waals surface area (Å²) >= 11 is 0. The molecule has 0 aliphatic carbocycles. The summed E-state index contributed by atoms with van der Waals surface area (Å²) in [4.78, 5) is 2.43. The van der Waals surface area contributed by atoms with Crippen molar-refractivity contribution in [3.05, 3.63) is 90.2 Å². The second kappa shape index (κ2) is 9.71. The number of methoxy groups -OCH3 is 1. The van der Waals surface area contributed by atoms with Gasteiger partial charge in [-0.3, -0.25) is 9.21 Å². The van der Waals surface area contributed by atoms with Crippen LogP contribution in [0.2, 0.25) is 0 Å². The molecule has 0 saturated carbocycles. The van der Waals surface area contributed by atoms with Crippen LogP contribution in [0, 0.1) is 5.82 Å². The zero-order chi connectivity index (χ0) is 22.6. The molecule has 168 valence electrons. The van der Waals surface area contributed by atoms with Crippen LogP contribution in [0.3, 0.4) is 0 Å². The van der Waals surface area contributed by atoms with Crippen LogP contribution in [0.25, 0.3) is 0 Å². The van der Waals surface area contributed by atoms with E-state index in [9.17, 15) is 12.8 Å². The Morgan fingerprint density at radius 3 is 2.31 bits per heavy atom. The van der Waals surface area contributed by atoms with E-state index in [4.69, 9.17) is 4.74 Å². The molecule has 1 saturated heterocycles. The number of ether oxygens (including phenoxy) is 1. The van der Waals surface area contributed by atoms with Crippen molar-refractivity contribution in [2.75, 3.05) is 24.5 Å². The first-order valence-corrected chi connectivity index (χ1v) is 12.1. The van der Waals surface area contributed by atoms with Crippen LogP contribution in [0.5, 0.6) is 5.75 Å². The van der Waals surface area contributed by atoms with E-state index in [1.165, 1.54) is 34.1 Å². The molecule has 3 aromatic carbocycles. The summed E-state index contributed by atoms with van der Waals surface area (Å²) in [5, 5.41) is 0. The Morgan fingerprint density at radius 2 is 1.66 bits per heavy atom. The van der Waals surface area contributed by atoms with Gasteiger partial charge in [-0.15, -0.1) is 0 Å². The van der Waals surface area contributed by atoms with Gasteiger partial charge in [-0.25, -0.2) is 12.8 Å². The number of benzene rings is 3. The van der Waals surface area contributed by atoms with Crippen LogP contribution >= 0.6 is 0 Å². The molecular formula is C25H27FN2O3S. The zero-order valence-electron chi connectivity index (χ0n) is 18.0. The van der Waals surface area contributed by atoms with Crippen molar-refractivity contribution in [2.24, 2.45) is 0 Å². The standard InChI is InChI=1S/C25H27FN2O3S/c1-31-24-9-5-6-20(18-24)19-27-16-14-23(15-17-27)28(22-7-3-2-4-8-22)32(29,30)25-12-10-21(26)11-13-25/h2-13,18,23H,14-17,19H2,1H3. The highest BCUT2D eigenvalue weighted by atomic mass is 32.2. The van der Waals surface area contributed by atoms with Crippen molar-refractivity contribution in [1.82, 2.24) is 4.90 Å². The minimum absolute atomic E-state index is 0.0987. The van der Waals surface area contributed by atoms with Gasteiger partial charge < -0.3 is 4.74 Å². The van der Waals surface area contributed by atoms with Crippen molar-refractivity contribution < 1.29 is 17.5 Å². The first kappa shape index (κ1) is 22.3. The molecule has 0 spiro atoms. The van der Waals surface area contributed by atoms with Crippen molar-refractivity contribution in [3.8, 4) is 5.75 Å². The molecule has 7 heteroatoms. The molecule has 0 unspecified atom stereocenters. The molecule has 5 nitrogen and oxygen atoms in total. The molecule has 1 heterocycles. The smallest absolute Gasteiger partial charge is 0.264 e. The summed E-state index contributed by atoms with van der Waals surface area (Å²) < 4.78 is 47.4. The average molecular weight is 455 g/mol. The number of hydrogen-bond acceptors (Lipinski definition) is 4. The van der Waals surface area contributed by atoms with Gasteiger partial charge in [-0.2, -0.15) is 0 Å². The van der Waals surface area contributed by atoms with Gasteiger partial charge in [0.25, 0.3) is 10.0 Å². The summed E-state index contributed by atoms with van der Waals surface area (Å²) in [6.45, 7) is 2.36. The molecule has 0 N–H and O–H groups in total. The molecule has 0 atom stereocenters. The molecule has 1 aliphatic heterocycles. The van der Waals surface area contributed by atoms with E-state index in [2.05, 4.69) is 11.0 Å². The fraction of sp³-hybridized carbons (Fsp3) is 0.280. The fourth-order valence-corrected chi connectivity index (χ4v) is 5.89. The third-order valence-electron chi connectivity index (χ3n) is 5.81. The minimum Gasteiger partial charge on any atom is -0.497 e. The highest BCUT2D eigenvalue weighted by Gasteiger charge is 2.34. The van der Waals surface area contributed by atoms with Gasteiger partial charge in [0, 0.05) is 25.7 Å². The summed E-state index contributed by atoms with van der Waals surface area (Å²) in [5.41, 5.74) is 1.80. The first-order valence-electron chi connectivity index (χ1n) is 10.7. The first-order chi connectivity index (χ1) is 15.5. The largest absolute Gasteiger partial charge is 0.497 e. The molecule has 0 radical (unpaired) electrons. The number of rotatable bonds is 7. The topological polar surface area (TPSA) is 49.9 Å². The van der Waals surface area contributed by atoms with Gasteiger partial charge in [0.05, 0.1) is 17.7 Å². The number of para-hydroxylation sites is 1. The maximum absolute atomic E-state index is 13.6. The van der Waals surface area contributed by atoms with Crippen LogP contribution < -0.4 is 9.04 Å². The quantitative estimate of drug-likeness (QED) is 0.520. The maximum atomic E-state index is 13.6. The SMILES string of the molecule is COc1cccc(CN2CCC(N(c3ccccc3)S(=O)(=O)c3ccc(F)cc3)CC2)c1.